The number of ether oxygens (including phenoxy) is 1. The van der Waals surface area contributed by atoms with E-state index in [0.717, 1.165) is 0 Å². The summed E-state index contributed by atoms with van der Waals surface area (Å²) in [5.41, 5.74) is 1.99. The molecule has 1 aliphatic carbocycles. The predicted octanol–water partition coefficient (Wildman–Crippen LogP) is 4.52. The summed E-state index contributed by atoms with van der Waals surface area (Å²) in [4.78, 5) is 25.6. The first-order valence-electron chi connectivity index (χ1n) is 8.43. The lowest BCUT2D eigenvalue weighted by Gasteiger charge is -2.23. The first-order valence-corrected chi connectivity index (χ1v) is 8.81. The molecule has 1 aliphatic rings. The molecule has 5 heteroatoms. The van der Waals surface area contributed by atoms with Crippen LogP contribution in [-0.4, -0.2) is 16.9 Å². The van der Waals surface area contributed by atoms with Crippen LogP contribution in [0.15, 0.2) is 72.8 Å². The molecule has 134 valence electrons. The fourth-order valence-electron chi connectivity index (χ4n) is 3.32. The second-order valence-corrected chi connectivity index (χ2v) is 6.72. The highest BCUT2D eigenvalue weighted by molar-refractivity contribution is 6.30. The maximum Gasteiger partial charge on any atom is 0.338 e. The third-order valence-corrected chi connectivity index (χ3v) is 4.85. The van der Waals surface area contributed by atoms with Crippen LogP contribution in [0.5, 0.6) is 0 Å². The van der Waals surface area contributed by atoms with Crippen molar-refractivity contribution in [1.29, 1.82) is 0 Å². The van der Waals surface area contributed by atoms with Crippen LogP contribution in [0.3, 0.4) is 0 Å². The number of hydrogen-bond donors (Lipinski definition) is 1. The van der Waals surface area contributed by atoms with Gasteiger partial charge in [-0.25, -0.2) is 4.79 Å². The Balaban J connectivity index is 1.80. The van der Waals surface area contributed by atoms with Gasteiger partial charge >= 0.3 is 5.97 Å². The monoisotopic (exact) mass is 378 g/mol. The number of halogens is 1. The molecule has 0 amide bonds. The Hall–Kier alpha value is -2.95. The summed E-state index contributed by atoms with van der Waals surface area (Å²) < 4.78 is 5.66. The predicted molar refractivity (Wildman–Crippen MR) is 101 cm³/mol. The summed E-state index contributed by atoms with van der Waals surface area (Å²) in [6.45, 7) is 0. The van der Waals surface area contributed by atoms with Gasteiger partial charge in [0.05, 0.1) is 5.56 Å². The normalized spacial score (nSPS) is 18.2. The molecule has 0 unspecified atom stereocenters. The highest BCUT2D eigenvalue weighted by atomic mass is 35.5. The van der Waals surface area contributed by atoms with Crippen LogP contribution in [0.2, 0.25) is 5.02 Å². The molecule has 0 fully saturated rings. The van der Waals surface area contributed by atoms with Crippen LogP contribution < -0.4 is 0 Å². The van der Waals surface area contributed by atoms with Gasteiger partial charge in [0.25, 0.3) is 0 Å². The van der Waals surface area contributed by atoms with Gasteiger partial charge in [0.15, 0.2) is 11.9 Å². The van der Waals surface area contributed by atoms with Crippen molar-refractivity contribution in [2.45, 2.75) is 12.2 Å². The van der Waals surface area contributed by atoms with Crippen molar-refractivity contribution in [2.75, 3.05) is 0 Å². The third kappa shape index (κ3) is 3.14. The van der Waals surface area contributed by atoms with Gasteiger partial charge in [-0.2, -0.15) is 0 Å². The third-order valence-electron chi connectivity index (χ3n) is 4.62. The van der Waals surface area contributed by atoms with Gasteiger partial charge in [0.1, 0.15) is 6.10 Å². The van der Waals surface area contributed by atoms with Gasteiger partial charge in [-0.05, 0) is 23.8 Å². The molecule has 0 saturated carbocycles. The van der Waals surface area contributed by atoms with Crippen molar-refractivity contribution in [3.8, 4) is 0 Å². The summed E-state index contributed by atoms with van der Waals surface area (Å²) in [7, 11) is 0. The molecule has 0 radical (unpaired) electrons. The fourth-order valence-corrected chi connectivity index (χ4v) is 3.51. The molecular weight excluding hydrogens is 364 g/mol. The van der Waals surface area contributed by atoms with Crippen LogP contribution in [0.25, 0.3) is 0 Å². The van der Waals surface area contributed by atoms with Crippen molar-refractivity contribution >= 4 is 23.4 Å². The van der Waals surface area contributed by atoms with E-state index in [4.69, 9.17) is 16.3 Å². The zero-order chi connectivity index (χ0) is 19.0. The lowest BCUT2D eigenvalue weighted by Crippen LogP contribution is -2.19. The number of carbonyl (C=O) groups is 2. The standard InChI is InChI=1S/C22H15ClO4/c23-14-7-5-6-13(12-14)22(26)27-21-18-11-4-3-10-17(18)19(24)15-8-1-2-9-16(15)20(21)25/h1-12,20-21,25H/t20-,21-/m0/s1. The number of aliphatic hydroxyl groups excluding tert-OH is 1. The maximum atomic E-state index is 13.0. The smallest absolute Gasteiger partial charge is 0.338 e. The molecule has 4 nitrogen and oxygen atoms in total. The number of aliphatic hydroxyl groups is 1. The van der Waals surface area contributed by atoms with Gasteiger partial charge in [0, 0.05) is 21.7 Å². The number of hydrogen-bond acceptors (Lipinski definition) is 4. The number of esters is 1. The Bertz CT molecular complexity index is 1040. The van der Waals surface area contributed by atoms with Gasteiger partial charge in [-0.3, -0.25) is 4.79 Å². The van der Waals surface area contributed by atoms with E-state index >= 15 is 0 Å². The molecule has 27 heavy (non-hydrogen) atoms. The Morgan fingerprint density at radius 3 is 2.22 bits per heavy atom. The lowest BCUT2D eigenvalue weighted by molar-refractivity contribution is -0.0206. The maximum absolute atomic E-state index is 13.0. The van der Waals surface area contributed by atoms with E-state index < -0.39 is 18.2 Å². The average molecular weight is 379 g/mol. The summed E-state index contributed by atoms with van der Waals surface area (Å²) in [6, 6.07) is 20.1. The first-order chi connectivity index (χ1) is 13.1. The molecule has 0 aliphatic heterocycles. The fraction of sp³-hybridized carbons (Fsp3) is 0.0909. The van der Waals surface area contributed by atoms with E-state index in [1.54, 1.807) is 66.7 Å². The van der Waals surface area contributed by atoms with Crippen molar-refractivity contribution in [3.63, 3.8) is 0 Å². The van der Waals surface area contributed by atoms with E-state index in [2.05, 4.69) is 0 Å². The van der Waals surface area contributed by atoms with Crippen LogP contribution in [0.4, 0.5) is 0 Å². The number of ketones is 1. The van der Waals surface area contributed by atoms with Crippen molar-refractivity contribution in [1.82, 2.24) is 0 Å². The average Bonchev–Trinajstić information content (AvgIpc) is 2.78. The molecule has 2 atom stereocenters. The van der Waals surface area contributed by atoms with E-state index in [1.807, 2.05) is 0 Å². The van der Waals surface area contributed by atoms with Crippen molar-refractivity contribution in [2.24, 2.45) is 0 Å². The summed E-state index contributed by atoms with van der Waals surface area (Å²) in [6.07, 6.45) is -2.18. The first kappa shape index (κ1) is 17.5. The highest BCUT2D eigenvalue weighted by Gasteiger charge is 2.36. The van der Waals surface area contributed by atoms with Gasteiger partial charge < -0.3 is 9.84 Å². The Kier molecular flexibility index (Phi) is 4.52. The minimum Gasteiger partial charge on any atom is -0.451 e. The van der Waals surface area contributed by atoms with Gasteiger partial charge in [-0.1, -0.05) is 66.2 Å². The molecule has 0 aromatic heterocycles. The second-order valence-electron chi connectivity index (χ2n) is 6.28. The van der Waals surface area contributed by atoms with E-state index in [-0.39, 0.29) is 11.3 Å². The van der Waals surface area contributed by atoms with Crippen LogP contribution in [0.1, 0.15) is 49.6 Å². The SMILES string of the molecule is O=C(O[C@H]1c2ccccc2C(=O)c2ccccc2[C@@H]1O)c1cccc(Cl)c1. The zero-order valence-corrected chi connectivity index (χ0v) is 14.9. The lowest BCUT2D eigenvalue weighted by atomic mass is 9.98. The largest absolute Gasteiger partial charge is 0.451 e. The van der Waals surface area contributed by atoms with Crippen molar-refractivity contribution < 1.29 is 19.4 Å². The number of fused-ring (bicyclic) bond motifs is 2. The van der Waals surface area contributed by atoms with Crippen LogP contribution >= 0.6 is 11.6 Å². The number of carbonyl (C=O) groups excluding carboxylic acids is 2. The quantitative estimate of drug-likeness (QED) is 0.666. The molecule has 1 N–H and O–H groups in total. The van der Waals surface area contributed by atoms with Gasteiger partial charge in [0.2, 0.25) is 0 Å². The molecule has 0 spiro atoms. The molecule has 0 saturated heterocycles. The van der Waals surface area contributed by atoms with E-state index in [0.29, 0.717) is 27.3 Å². The number of benzene rings is 3. The zero-order valence-electron chi connectivity index (χ0n) is 14.1. The highest BCUT2D eigenvalue weighted by Crippen LogP contribution is 2.40. The topological polar surface area (TPSA) is 63.6 Å². The van der Waals surface area contributed by atoms with Crippen molar-refractivity contribution in [3.05, 3.63) is 106 Å². The number of rotatable bonds is 2. The molecule has 3 aromatic rings. The molecule has 0 heterocycles. The Labute approximate surface area is 161 Å². The molecule has 3 aromatic carbocycles. The minimum absolute atomic E-state index is 0.207. The minimum atomic E-state index is -1.17. The van der Waals surface area contributed by atoms with Crippen LogP contribution in [-0.2, 0) is 4.74 Å². The Morgan fingerprint density at radius 2 is 1.52 bits per heavy atom. The Morgan fingerprint density at radius 1 is 0.889 bits per heavy atom. The molecular formula is C22H15ClO4. The van der Waals surface area contributed by atoms with Crippen LogP contribution in [0, 0.1) is 0 Å². The van der Waals surface area contributed by atoms with E-state index in [1.165, 1.54) is 6.07 Å². The van der Waals surface area contributed by atoms with Gasteiger partial charge in [-0.15, -0.1) is 0 Å². The van der Waals surface area contributed by atoms with E-state index in [9.17, 15) is 14.7 Å². The summed E-state index contributed by atoms with van der Waals surface area (Å²) >= 11 is 5.95. The molecule has 4 rings (SSSR count). The summed E-state index contributed by atoms with van der Waals surface area (Å²) in [5.74, 6) is -0.829. The summed E-state index contributed by atoms with van der Waals surface area (Å²) in [5, 5.41) is 11.4. The second kappa shape index (κ2) is 6.99. The molecule has 0 bridgehead atoms.